The number of nitriles is 1. The van der Waals surface area contributed by atoms with Crippen LogP contribution in [0.5, 0.6) is 0 Å². The normalized spacial score (nSPS) is 29.1. The van der Waals surface area contributed by atoms with Crippen LogP contribution >= 0.6 is 0 Å². The first-order chi connectivity index (χ1) is 4.21. The molecule has 1 aliphatic rings. The second-order valence-corrected chi connectivity index (χ2v) is 1.84. The van der Waals surface area contributed by atoms with E-state index in [-0.39, 0.29) is 18.9 Å². The van der Waals surface area contributed by atoms with Crippen LogP contribution in [0, 0.1) is 11.3 Å². The van der Waals surface area contributed by atoms with E-state index in [2.05, 4.69) is 4.74 Å². The average Bonchev–Trinajstić information content (AvgIpc) is 1.62. The van der Waals surface area contributed by atoms with Crippen molar-refractivity contribution >= 4 is 24.8 Å². The summed E-state index contributed by atoms with van der Waals surface area (Å²) in [5.41, 5.74) is -1.51. The van der Waals surface area contributed by atoms with Gasteiger partial charge in [0.05, 0.1) is 6.61 Å². The van der Waals surface area contributed by atoms with Crippen LogP contribution in [0.1, 0.15) is 6.42 Å². The van der Waals surface area contributed by atoms with Gasteiger partial charge in [-0.1, -0.05) is 0 Å². The average molecular weight is 135 g/mol. The summed E-state index contributed by atoms with van der Waals surface area (Å²) in [5, 5.41) is 16.6. The van der Waals surface area contributed by atoms with Gasteiger partial charge in [0.2, 0.25) is 0 Å². The van der Waals surface area contributed by atoms with Crippen molar-refractivity contribution in [2.24, 2.45) is 0 Å². The summed E-state index contributed by atoms with van der Waals surface area (Å²) < 4.78 is 4.57. The molecule has 50 valence electrons. The van der Waals surface area contributed by atoms with Crippen LogP contribution in [-0.2, 0) is 9.53 Å². The Morgan fingerprint density at radius 2 is 2.30 bits per heavy atom. The van der Waals surface area contributed by atoms with Gasteiger partial charge in [-0.3, -0.25) is 0 Å². The molecule has 1 heterocycles. The zero-order chi connectivity index (χ0) is 6.91. The molecule has 0 aromatic heterocycles. The molecule has 1 fully saturated rings. The molecule has 4 nitrogen and oxygen atoms in total. The van der Waals surface area contributed by atoms with E-state index in [0.29, 0.717) is 13.0 Å². The summed E-state index contributed by atoms with van der Waals surface area (Å²) in [5.74, 6) is -1.18. The first-order valence-corrected chi connectivity index (χ1v) is 2.50. The number of rotatable bonds is 1. The third kappa shape index (κ3) is 1.17. The zero-order valence-electron chi connectivity index (χ0n) is 4.63. The van der Waals surface area contributed by atoms with E-state index in [1.807, 2.05) is 0 Å². The number of carbonyl (C=O) groups is 1. The second-order valence-electron chi connectivity index (χ2n) is 1.84. The van der Waals surface area contributed by atoms with Gasteiger partial charge in [-0.15, -0.1) is 0 Å². The van der Waals surface area contributed by atoms with Gasteiger partial charge in [-0.2, -0.15) is 5.26 Å². The Bertz CT molecular complexity index is 182. The molecule has 1 rings (SSSR count). The number of carboxylic acid groups (broad SMARTS) is 1. The number of nitrogens with zero attached hydrogens (tertiary/aromatic N) is 1. The van der Waals surface area contributed by atoms with Crippen molar-refractivity contribution in [2.45, 2.75) is 12.0 Å². The maximum atomic E-state index is 10.2. The molecule has 1 aliphatic heterocycles. The fourth-order valence-electron chi connectivity index (χ4n) is 0.611. The van der Waals surface area contributed by atoms with Gasteiger partial charge in [0.15, 0.2) is 0 Å². The number of carboxylic acids is 1. The van der Waals surface area contributed by atoms with Crippen LogP contribution in [-0.4, -0.2) is 42.1 Å². The van der Waals surface area contributed by atoms with Crippen LogP contribution in [0.2, 0.25) is 0 Å². The summed E-state index contributed by atoms with van der Waals surface area (Å²) in [6, 6.07) is 1.59. The Balaban J connectivity index is 0.000000810. The molecule has 10 heavy (non-hydrogen) atoms. The molecule has 1 saturated heterocycles. The van der Waals surface area contributed by atoms with Gasteiger partial charge in [0.25, 0.3) is 5.60 Å². The topological polar surface area (TPSA) is 70.3 Å². The van der Waals surface area contributed by atoms with Crippen LogP contribution in [0.4, 0.5) is 0 Å². The Labute approximate surface area is 70.0 Å². The fourth-order valence-corrected chi connectivity index (χ4v) is 0.611. The Kier molecular flexibility index (Phi) is 2.92. The van der Waals surface area contributed by atoms with Crippen molar-refractivity contribution in [2.75, 3.05) is 6.61 Å². The minimum atomic E-state index is -1.51. The van der Waals surface area contributed by atoms with E-state index < -0.39 is 11.6 Å². The van der Waals surface area contributed by atoms with E-state index in [1.54, 1.807) is 6.07 Å². The minimum absolute atomic E-state index is 0. The van der Waals surface area contributed by atoms with Crippen molar-refractivity contribution in [1.82, 2.24) is 0 Å². The van der Waals surface area contributed by atoms with Gasteiger partial charge in [0, 0.05) is 6.42 Å². The zero-order valence-corrected chi connectivity index (χ0v) is 4.63. The van der Waals surface area contributed by atoms with E-state index in [9.17, 15) is 4.79 Å². The molecule has 1 unspecified atom stereocenters. The summed E-state index contributed by atoms with van der Waals surface area (Å²) in [6.07, 6.45) is 0.304. The van der Waals surface area contributed by atoms with Crippen LogP contribution in [0.15, 0.2) is 0 Å². The molecule has 1 atom stereocenters. The summed E-state index contributed by atoms with van der Waals surface area (Å²) in [4.78, 5) is 10.2. The summed E-state index contributed by atoms with van der Waals surface area (Å²) >= 11 is 0. The van der Waals surface area contributed by atoms with Crippen molar-refractivity contribution in [3.05, 3.63) is 0 Å². The third-order valence-corrected chi connectivity index (χ3v) is 1.33. The molecule has 0 aromatic carbocycles. The third-order valence-electron chi connectivity index (χ3n) is 1.33. The molecule has 0 aromatic rings. The van der Waals surface area contributed by atoms with Crippen molar-refractivity contribution < 1.29 is 14.6 Å². The molecule has 0 amide bonds. The number of hydrogen-bond donors (Lipinski definition) is 1. The van der Waals surface area contributed by atoms with Gasteiger partial charge in [0.1, 0.15) is 6.07 Å². The molecule has 1 N–H and O–H groups in total. The number of aliphatic carboxylic acids is 1. The van der Waals surface area contributed by atoms with Gasteiger partial charge in [-0.25, -0.2) is 4.79 Å². The van der Waals surface area contributed by atoms with Gasteiger partial charge in [-0.05, 0) is 0 Å². The monoisotopic (exact) mass is 135 g/mol. The van der Waals surface area contributed by atoms with Gasteiger partial charge >= 0.3 is 24.8 Å². The first kappa shape index (κ1) is 9.52. The fraction of sp³-hybridized carbons (Fsp3) is 0.600. The quantitative estimate of drug-likeness (QED) is 0.473. The Hall–Kier alpha value is -0.483. The van der Waals surface area contributed by atoms with E-state index in [4.69, 9.17) is 10.4 Å². The second kappa shape index (κ2) is 3.07. The van der Waals surface area contributed by atoms with E-state index >= 15 is 0 Å². The molecular weight excluding hydrogens is 129 g/mol. The van der Waals surface area contributed by atoms with Crippen LogP contribution in [0.25, 0.3) is 0 Å². The van der Waals surface area contributed by atoms with E-state index in [0.717, 1.165) is 0 Å². The first-order valence-electron chi connectivity index (χ1n) is 2.50. The number of ether oxygens (including phenoxy) is 1. The molecule has 0 bridgehead atoms. The summed E-state index contributed by atoms with van der Waals surface area (Å²) in [6.45, 7) is 0.375. The van der Waals surface area contributed by atoms with Crippen LogP contribution < -0.4 is 0 Å². The molecule has 5 heteroatoms. The maximum absolute atomic E-state index is 10.2. The summed E-state index contributed by atoms with van der Waals surface area (Å²) in [7, 11) is 0. The van der Waals surface area contributed by atoms with Gasteiger partial charge < -0.3 is 9.84 Å². The molecular formula is C5H6LiNO3. The van der Waals surface area contributed by atoms with E-state index in [1.165, 1.54) is 0 Å². The van der Waals surface area contributed by atoms with Crippen LogP contribution in [0.3, 0.4) is 0 Å². The Morgan fingerprint density at radius 3 is 2.30 bits per heavy atom. The van der Waals surface area contributed by atoms with Crippen molar-refractivity contribution in [3.63, 3.8) is 0 Å². The van der Waals surface area contributed by atoms with Crippen molar-refractivity contribution in [3.8, 4) is 6.07 Å². The SMILES string of the molecule is N#CC1(C(=O)O)CCO1.[LiH]. The molecule has 0 aliphatic carbocycles. The molecule has 0 radical (unpaired) electrons. The number of hydrogen-bond acceptors (Lipinski definition) is 3. The molecule has 0 saturated carbocycles. The Morgan fingerprint density at radius 1 is 1.80 bits per heavy atom. The predicted octanol–water partition coefficient (Wildman–Crippen LogP) is -0.895. The predicted molar refractivity (Wildman–Crippen MR) is 33.7 cm³/mol. The molecule has 0 spiro atoms. The van der Waals surface area contributed by atoms with Crippen molar-refractivity contribution in [1.29, 1.82) is 5.26 Å². The standard InChI is InChI=1S/C5H5NO3.Li.H/c6-3-5(4(7)8)1-2-9-5;;/h1-2H2,(H,7,8);;.